The van der Waals surface area contributed by atoms with Crippen LogP contribution in [0, 0.1) is 11.7 Å². The lowest BCUT2D eigenvalue weighted by atomic mass is 10.1. The Bertz CT molecular complexity index is 895. The summed E-state index contributed by atoms with van der Waals surface area (Å²) in [4.78, 5) is 17.6. The quantitative estimate of drug-likeness (QED) is 0.667. The Balaban J connectivity index is 1.59. The van der Waals surface area contributed by atoms with E-state index in [0.717, 1.165) is 10.5 Å². The fourth-order valence-electron chi connectivity index (χ4n) is 2.30. The summed E-state index contributed by atoms with van der Waals surface area (Å²) in [5.74, 6) is 0.706. The zero-order valence-electron chi connectivity index (χ0n) is 14.5. The summed E-state index contributed by atoms with van der Waals surface area (Å²) in [6.45, 7) is 1.87. The minimum absolute atomic E-state index is 0.0641. The highest BCUT2D eigenvalue weighted by molar-refractivity contribution is 7.99. The monoisotopic (exact) mass is 370 g/mol. The number of rotatable bonds is 6. The average molecular weight is 370 g/mol. The fourth-order valence-corrected chi connectivity index (χ4v) is 3.22. The summed E-state index contributed by atoms with van der Waals surface area (Å²) in [5.41, 5.74) is 1.55. The summed E-state index contributed by atoms with van der Waals surface area (Å²) in [6.07, 6.45) is 1.63. The molecule has 1 aromatic heterocycles. The molecule has 0 saturated carbocycles. The van der Waals surface area contributed by atoms with Crippen LogP contribution in [0.5, 0.6) is 0 Å². The highest BCUT2D eigenvalue weighted by atomic mass is 32.2. The first kappa shape index (κ1) is 18.1. The molecule has 0 fully saturated rings. The van der Waals surface area contributed by atoms with E-state index in [1.54, 1.807) is 23.1 Å². The molecule has 2 aromatic carbocycles. The molecule has 0 unspecified atom stereocenters. The van der Waals surface area contributed by atoms with Gasteiger partial charge in [0.05, 0.1) is 0 Å². The smallest absolute Gasteiger partial charge is 0.228 e. The molecule has 7 heteroatoms. The highest BCUT2D eigenvalue weighted by Gasteiger charge is 2.14. The second kappa shape index (κ2) is 8.14. The molecule has 1 heterocycles. The third-order valence-electron chi connectivity index (χ3n) is 3.75. The molecule has 0 saturated heterocycles. The number of nitrogens with one attached hydrogen (secondary N) is 1. The van der Waals surface area contributed by atoms with Gasteiger partial charge in [0.2, 0.25) is 5.91 Å². The first-order valence-electron chi connectivity index (χ1n) is 8.16. The van der Waals surface area contributed by atoms with Gasteiger partial charge in [-0.05, 0) is 36.4 Å². The Morgan fingerprint density at radius 1 is 1.27 bits per heavy atom. The number of amides is 1. The molecular weight excluding hydrogens is 351 g/mol. The largest absolute Gasteiger partial charge is 0.326 e. The molecular formula is C19H19FN4OS. The Labute approximate surface area is 155 Å². The van der Waals surface area contributed by atoms with Gasteiger partial charge in [0.1, 0.15) is 12.1 Å². The number of thioether (sulfide) groups is 1. The number of aromatic nitrogens is 3. The van der Waals surface area contributed by atoms with Crippen molar-refractivity contribution in [2.24, 2.45) is 13.0 Å². The Hall–Kier alpha value is -2.67. The molecule has 0 aliphatic heterocycles. The summed E-state index contributed by atoms with van der Waals surface area (Å²) in [5, 5.41) is 7.20. The van der Waals surface area contributed by atoms with Gasteiger partial charge < -0.3 is 5.32 Å². The maximum Gasteiger partial charge on any atom is 0.228 e. The van der Waals surface area contributed by atoms with Gasteiger partial charge in [0.15, 0.2) is 5.82 Å². The average Bonchev–Trinajstić information content (AvgIpc) is 3.07. The number of carbonyl (C=O) groups excluding carboxylic acids is 1. The molecule has 3 aromatic rings. The third-order valence-corrected chi connectivity index (χ3v) is 5.02. The second-order valence-electron chi connectivity index (χ2n) is 5.98. The van der Waals surface area contributed by atoms with Crippen LogP contribution >= 0.6 is 11.8 Å². The first-order valence-corrected chi connectivity index (χ1v) is 9.15. The molecule has 5 nitrogen and oxygen atoms in total. The second-order valence-corrected chi connectivity index (χ2v) is 7.07. The maximum absolute atomic E-state index is 12.9. The number of benzene rings is 2. The van der Waals surface area contributed by atoms with Crippen molar-refractivity contribution >= 4 is 23.4 Å². The number of carbonyl (C=O) groups is 1. The number of nitrogens with zero attached hydrogens (tertiary/aromatic N) is 3. The lowest BCUT2D eigenvalue weighted by Crippen LogP contribution is -2.22. The zero-order chi connectivity index (χ0) is 18.5. The fraction of sp³-hybridized carbons (Fsp3) is 0.211. The van der Waals surface area contributed by atoms with Crippen LogP contribution in [0.2, 0.25) is 0 Å². The zero-order valence-corrected chi connectivity index (χ0v) is 15.3. The van der Waals surface area contributed by atoms with Crippen LogP contribution in [-0.2, 0) is 11.8 Å². The van der Waals surface area contributed by atoms with Crippen LogP contribution in [0.25, 0.3) is 11.4 Å². The number of hydrogen-bond acceptors (Lipinski definition) is 4. The molecule has 0 spiro atoms. The van der Waals surface area contributed by atoms with Gasteiger partial charge >= 0.3 is 0 Å². The van der Waals surface area contributed by atoms with Crippen molar-refractivity contribution in [3.05, 3.63) is 60.7 Å². The molecule has 1 N–H and O–H groups in total. The predicted molar refractivity (Wildman–Crippen MR) is 101 cm³/mol. The van der Waals surface area contributed by atoms with Crippen molar-refractivity contribution in [3.63, 3.8) is 0 Å². The van der Waals surface area contributed by atoms with Crippen molar-refractivity contribution in [2.45, 2.75) is 11.8 Å². The predicted octanol–water partition coefficient (Wildman–Crippen LogP) is 3.99. The molecule has 0 aliphatic carbocycles. The van der Waals surface area contributed by atoms with Gasteiger partial charge in [-0.2, -0.15) is 5.10 Å². The third kappa shape index (κ3) is 4.70. The first-order chi connectivity index (χ1) is 12.5. The van der Waals surface area contributed by atoms with Gasteiger partial charge in [0.25, 0.3) is 0 Å². The lowest BCUT2D eigenvalue weighted by Gasteiger charge is -2.12. The van der Waals surface area contributed by atoms with Crippen molar-refractivity contribution in [2.75, 3.05) is 11.1 Å². The van der Waals surface area contributed by atoms with Crippen LogP contribution in [0.15, 0.2) is 59.8 Å². The SMILES string of the molecule is C[C@@H](CSc1ccc(F)cc1)C(=O)Nc1cccc(-c2ncn(C)n2)c1. The van der Waals surface area contributed by atoms with Crippen LogP contribution < -0.4 is 5.32 Å². The summed E-state index contributed by atoms with van der Waals surface area (Å²) in [7, 11) is 1.81. The molecule has 0 aliphatic rings. The standard InChI is InChI=1S/C19H19FN4OS/c1-13(11-26-17-8-6-15(20)7-9-17)19(25)22-16-5-3-4-14(10-16)18-21-12-24(2)23-18/h3-10,12-13H,11H2,1-2H3,(H,22,25)/t13-/m0/s1. The van der Waals surface area contributed by atoms with Crippen LogP contribution in [0.3, 0.4) is 0 Å². The topological polar surface area (TPSA) is 59.8 Å². The van der Waals surface area contributed by atoms with Crippen LogP contribution in [0.4, 0.5) is 10.1 Å². The Morgan fingerprint density at radius 3 is 2.73 bits per heavy atom. The van der Waals surface area contributed by atoms with Crippen LogP contribution in [0.1, 0.15) is 6.92 Å². The molecule has 0 radical (unpaired) electrons. The van der Waals surface area contributed by atoms with E-state index < -0.39 is 0 Å². The van der Waals surface area contributed by atoms with Crippen molar-refractivity contribution in [1.29, 1.82) is 0 Å². The van der Waals surface area contributed by atoms with E-state index >= 15 is 0 Å². The van der Waals surface area contributed by atoms with Gasteiger partial charge in [-0.25, -0.2) is 9.37 Å². The maximum atomic E-state index is 12.9. The minimum atomic E-state index is -0.262. The van der Waals surface area contributed by atoms with Gasteiger partial charge in [-0.1, -0.05) is 19.1 Å². The summed E-state index contributed by atoms with van der Waals surface area (Å²) in [6, 6.07) is 13.7. The normalized spacial score (nSPS) is 12.0. The van der Waals surface area contributed by atoms with E-state index in [0.29, 0.717) is 17.3 Å². The van der Waals surface area contributed by atoms with Crippen molar-refractivity contribution < 1.29 is 9.18 Å². The highest BCUT2D eigenvalue weighted by Crippen LogP contribution is 2.23. The van der Waals surface area contributed by atoms with Gasteiger partial charge in [-0.15, -0.1) is 11.8 Å². The molecule has 1 atom stereocenters. The number of halogens is 1. The summed E-state index contributed by atoms with van der Waals surface area (Å²) < 4.78 is 14.6. The van der Waals surface area contributed by atoms with Gasteiger partial charge in [0, 0.05) is 34.9 Å². The molecule has 134 valence electrons. The van der Waals surface area contributed by atoms with Crippen molar-refractivity contribution in [1.82, 2.24) is 14.8 Å². The Kier molecular flexibility index (Phi) is 5.68. The molecule has 1 amide bonds. The summed E-state index contributed by atoms with van der Waals surface area (Å²) >= 11 is 1.53. The van der Waals surface area contributed by atoms with E-state index in [4.69, 9.17) is 0 Å². The number of hydrogen-bond donors (Lipinski definition) is 1. The van der Waals surface area contributed by atoms with Crippen molar-refractivity contribution in [3.8, 4) is 11.4 Å². The lowest BCUT2D eigenvalue weighted by molar-refractivity contribution is -0.118. The van der Waals surface area contributed by atoms with E-state index in [-0.39, 0.29) is 17.6 Å². The number of anilines is 1. The Morgan fingerprint density at radius 2 is 2.04 bits per heavy atom. The van der Waals surface area contributed by atoms with E-state index in [2.05, 4.69) is 15.4 Å². The molecule has 0 bridgehead atoms. The van der Waals surface area contributed by atoms with Crippen LogP contribution in [-0.4, -0.2) is 26.4 Å². The molecule has 3 rings (SSSR count). The van der Waals surface area contributed by atoms with E-state index in [9.17, 15) is 9.18 Å². The number of aryl methyl sites for hydroxylation is 1. The molecule has 26 heavy (non-hydrogen) atoms. The van der Waals surface area contributed by atoms with Gasteiger partial charge in [-0.3, -0.25) is 9.48 Å². The minimum Gasteiger partial charge on any atom is -0.326 e. The van der Waals surface area contributed by atoms with E-state index in [1.807, 2.05) is 38.2 Å². The van der Waals surface area contributed by atoms with E-state index in [1.165, 1.54) is 23.9 Å².